The average molecular weight is 484 g/mol. The van der Waals surface area contributed by atoms with Crippen LogP contribution >= 0.6 is 11.8 Å². The van der Waals surface area contributed by atoms with Gasteiger partial charge in [-0.1, -0.05) is 78.5 Å². The molecule has 5 rings (SSSR count). The van der Waals surface area contributed by atoms with Crippen LogP contribution in [-0.4, -0.2) is 43.9 Å². The van der Waals surface area contributed by atoms with Crippen molar-refractivity contribution in [1.82, 2.24) is 19.7 Å². The van der Waals surface area contributed by atoms with Crippen molar-refractivity contribution in [3.63, 3.8) is 0 Å². The number of benzene rings is 3. The normalized spacial score (nSPS) is 14.7. The Balaban J connectivity index is 1.36. The molecule has 4 aromatic rings. The lowest BCUT2D eigenvalue weighted by Gasteiger charge is -2.17. The molecule has 1 N–H and O–H groups in total. The lowest BCUT2D eigenvalue weighted by atomic mass is 10.0. The second-order valence-corrected chi connectivity index (χ2v) is 10.0. The third-order valence-electron chi connectivity index (χ3n) is 6.20. The number of para-hydroxylation sites is 2. The maximum atomic E-state index is 13.2. The Morgan fingerprint density at radius 1 is 0.914 bits per heavy atom. The zero-order valence-electron chi connectivity index (χ0n) is 19.8. The molecular formula is C28H29N5OS. The van der Waals surface area contributed by atoms with Crippen molar-refractivity contribution in [2.75, 3.05) is 18.4 Å². The van der Waals surface area contributed by atoms with Crippen LogP contribution in [0, 0.1) is 0 Å². The number of anilines is 1. The van der Waals surface area contributed by atoms with Crippen LogP contribution in [0.3, 0.4) is 0 Å². The summed E-state index contributed by atoms with van der Waals surface area (Å²) < 4.78 is 2.09. The van der Waals surface area contributed by atoms with E-state index in [1.807, 2.05) is 79.7 Å². The molecule has 3 aromatic carbocycles. The third-order valence-corrected chi connectivity index (χ3v) is 7.24. The summed E-state index contributed by atoms with van der Waals surface area (Å²) in [6.45, 7) is 4.84. The van der Waals surface area contributed by atoms with E-state index in [1.165, 1.54) is 24.6 Å². The van der Waals surface area contributed by atoms with Gasteiger partial charge in [0.05, 0.1) is 11.8 Å². The molecule has 1 atom stereocenters. The zero-order valence-corrected chi connectivity index (χ0v) is 20.6. The van der Waals surface area contributed by atoms with E-state index in [-0.39, 0.29) is 11.2 Å². The number of likely N-dealkylation sites (tertiary alicyclic amines) is 1. The molecule has 1 fully saturated rings. The van der Waals surface area contributed by atoms with Gasteiger partial charge in [-0.25, -0.2) is 0 Å². The summed E-state index contributed by atoms with van der Waals surface area (Å²) in [7, 11) is 0. The molecule has 1 saturated heterocycles. The molecule has 2 heterocycles. The molecule has 0 radical (unpaired) electrons. The molecule has 1 aromatic heterocycles. The first kappa shape index (κ1) is 23.3. The Kier molecular flexibility index (Phi) is 7.25. The Labute approximate surface area is 210 Å². The number of amides is 1. The number of carbonyl (C=O) groups is 1. The molecule has 1 amide bonds. The molecule has 6 nitrogen and oxygen atoms in total. The summed E-state index contributed by atoms with van der Waals surface area (Å²) >= 11 is 1.43. The highest BCUT2D eigenvalue weighted by molar-refractivity contribution is 8.00. The molecule has 1 unspecified atom stereocenters. The van der Waals surface area contributed by atoms with E-state index in [1.54, 1.807) is 0 Å². The van der Waals surface area contributed by atoms with Gasteiger partial charge in [0.15, 0.2) is 11.0 Å². The van der Waals surface area contributed by atoms with Crippen LogP contribution in [-0.2, 0) is 11.3 Å². The SMILES string of the molecule is CC(Sc1nnc(CN2CCCC2)n1-c1ccccc1)C(=O)Nc1ccccc1-c1ccccc1. The zero-order chi connectivity index (χ0) is 24.0. The first-order valence-electron chi connectivity index (χ1n) is 12.0. The minimum Gasteiger partial charge on any atom is -0.325 e. The number of rotatable bonds is 8. The molecule has 0 aliphatic carbocycles. The number of thioether (sulfide) groups is 1. The van der Waals surface area contributed by atoms with E-state index in [2.05, 4.69) is 37.1 Å². The largest absolute Gasteiger partial charge is 0.325 e. The quantitative estimate of drug-likeness (QED) is 0.328. The lowest BCUT2D eigenvalue weighted by molar-refractivity contribution is -0.115. The molecule has 0 saturated carbocycles. The van der Waals surface area contributed by atoms with Crippen LogP contribution in [0.15, 0.2) is 90.1 Å². The minimum absolute atomic E-state index is 0.0675. The van der Waals surface area contributed by atoms with Gasteiger partial charge in [-0.15, -0.1) is 10.2 Å². The molecule has 1 aliphatic rings. The number of aromatic nitrogens is 3. The first-order valence-corrected chi connectivity index (χ1v) is 12.9. The van der Waals surface area contributed by atoms with Crippen molar-refractivity contribution in [3.8, 4) is 16.8 Å². The molecule has 0 spiro atoms. The van der Waals surface area contributed by atoms with E-state index >= 15 is 0 Å². The van der Waals surface area contributed by atoms with Gasteiger partial charge in [0, 0.05) is 16.9 Å². The van der Waals surface area contributed by atoms with Gasteiger partial charge in [-0.05, 0) is 56.6 Å². The fourth-order valence-electron chi connectivity index (χ4n) is 4.36. The minimum atomic E-state index is -0.356. The summed E-state index contributed by atoms with van der Waals surface area (Å²) in [5, 5.41) is 12.5. The van der Waals surface area contributed by atoms with Crippen molar-refractivity contribution < 1.29 is 4.79 Å². The number of nitrogens with zero attached hydrogens (tertiary/aromatic N) is 4. The smallest absolute Gasteiger partial charge is 0.237 e. The molecule has 178 valence electrons. The Hall–Kier alpha value is -3.42. The maximum Gasteiger partial charge on any atom is 0.237 e. The highest BCUT2D eigenvalue weighted by atomic mass is 32.2. The van der Waals surface area contributed by atoms with Gasteiger partial charge in [0.2, 0.25) is 5.91 Å². The van der Waals surface area contributed by atoms with E-state index in [9.17, 15) is 4.79 Å². The van der Waals surface area contributed by atoms with Gasteiger partial charge >= 0.3 is 0 Å². The van der Waals surface area contributed by atoms with Gasteiger partial charge in [-0.2, -0.15) is 0 Å². The second kappa shape index (κ2) is 10.9. The van der Waals surface area contributed by atoms with Crippen molar-refractivity contribution in [2.45, 2.75) is 36.7 Å². The first-order chi connectivity index (χ1) is 17.2. The number of nitrogens with one attached hydrogen (secondary N) is 1. The summed E-state index contributed by atoms with van der Waals surface area (Å²) in [5.74, 6) is 0.838. The van der Waals surface area contributed by atoms with Gasteiger partial charge in [0.25, 0.3) is 0 Å². The van der Waals surface area contributed by atoms with Gasteiger partial charge < -0.3 is 5.32 Å². The van der Waals surface area contributed by atoms with E-state index < -0.39 is 0 Å². The number of hydrogen-bond donors (Lipinski definition) is 1. The highest BCUT2D eigenvalue weighted by Crippen LogP contribution is 2.30. The monoisotopic (exact) mass is 483 g/mol. The predicted molar refractivity (Wildman–Crippen MR) is 142 cm³/mol. The van der Waals surface area contributed by atoms with Gasteiger partial charge in [0.1, 0.15) is 0 Å². The summed E-state index contributed by atoms with van der Waals surface area (Å²) in [4.78, 5) is 15.6. The van der Waals surface area contributed by atoms with Crippen LogP contribution in [0.4, 0.5) is 5.69 Å². The maximum absolute atomic E-state index is 13.2. The molecular weight excluding hydrogens is 454 g/mol. The van der Waals surface area contributed by atoms with Crippen molar-refractivity contribution in [2.24, 2.45) is 0 Å². The Morgan fingerprint density at radius 2 is 1.57 bits per heavy atom. The second-order valence-electron chi connectivity index (χ2n) is 8.71. The molecule has 35 heavy (non-hydrogen) atoms. The van der Waals surface area contributed by atoms with Gasteiger partial charge in [-0.3, -0.25) is 14.3 Å². The predicted octanol–water partition coefficient (Wildman–Crippen LogP) is 5.65. The van der Waals surface area contributed by atoms with Crippen LogP contribution in [0.1, 0.15) is 25.6 Å². The topological polar surface area (TPSA) is 63.1 Å². The van der Waals surface area contributed by atoms with Crippen molar-refractivity contribution in [3.05, 3.63) is 90.8 Å². The third kappa shape index (κ3) is 5.47. The molecule has 0 bridgehead atoms. The van der Waals surface area contributed by atoms with Crippen molar-refractivity contribution in [1.29, 1.82) is 0 Å². The summed E-state index contributed by atoms with van der Waals surface area (Å²) in [5.41, 5.74) is 3.88. The number of carbonyl (C=O) groups excluding carboxylic acids is 1. The fraction of sp³-hybridized carbons (Fsp3) is 0.250. The van der Waals surface area contributed by atoms with Crippen LogP contribution in [0.25, 0.3) is 16.8 Å². The van der Waals surface area contributed by atoms with E-state index in [0.717, 1.165) is 53.1 Å². The van der Waals surface area contributed by atoms with Crippen molar-refractivity contribution >= 4 is 23.4 Å². The number of hydrogen-bond acceptors (Lipinski definition) is 5. The molecule has 7 heteroatoms. The average Bonchev–Trinajstić information content (AvgIpc) is 3.55. The molecule has 1 aliphatic heterocycles. The fourth-order valence-corrected chi connectivity index (χ4v) is 5.25. The van der Waals surface area contributed by atoms with Crippen LogP contribution < -0.4 is 5.32 Å². The Bertz CT molecular complexity index is 1270. The van der Waals surface area contributed by atoms with Crippen LogP contribution in [0.5, 0.6) is 0 Å². The summed E-state index contributed by atoms with van der Waals surface area (Å²) in [6.07, 6.45) is 2.45. The Morgan fingerprint density at radius 3 is 2.31 bits per heavy atom. The summed E-state index contributed by atoms with van der Waals surface area (Å²) in [6, 6.07) is 28.1. The van der Waals surface area contributed by atoms with Crippen LogP contribution in [0.2, 0.25) is 0 Å². The lowest BCUT2D eigenvalue weighted by Crippen LogP contribution is -2.23. The van der Waals surface area contributed by atoms with E-state index in [4.69, 9.17) is 0 Å². The highest BCUT2D eigenvalue weighted by Gasteiger charge is 2.23. The van der Waals surface area contributed by atoms with E-state index in [0.29, 0.717) is 0 Å². The standard InChI is InChI=1S/C28H29N5OS/c1-21(27(34)29-25-17-9-8-16-24(25)22-12-4-2-5-13-22)35-28-31-30-26(20-32-18-10-11-19-32)33(28)23-14-6-3-7-15-23/h2-9,12-17,21H,10-11,18-20H2,1H3,(H,29,34).